The first kappa shape index (κ1) is 14.1. The summed E-state index contributed by atoms with van der Waals surface area (Å²) in [5, 5.41) is 2.81. The molecule has 0 heterocycles. The van der Waals surface area contributed by atoms with E-state index in [0.29, 0.717) is 0 Å². The van der Waals surface area contributed by atoms with Crippen LogP contribution in [0.25, 0.3) is 0 Å². The Labute approximate surface area is 102 Å². The molecule has 1 unspecified atom stereocenters. The molecular weight excluding hydrogens is 220 g/mol. The third-order valence-corrected chi connectivity index (χ3v) is 2.86. The summed E-state index contributed by atoms with van der Waals surface area (Å²) in [6, 6.07) is 8.09. The van der Waals surface area contributed by atoms with Crippen molar-refractivity contribution in [3.63, 3.8) is 0 Å². The van der Waals surface area contributed by atoms with E-state index < -0.39 is 6.43 Å². The van der Waals surface area contributed by atoms with E-state index in [0.717, 1.165) is 5.56 Å². The van der Waals surface area contributed by atoms with Gasteiger partial charge in [0.25, 0.3) is 6.43 Å². The summed E-state index contributed by atoms with van der Waals surface area (Å²) >= 11 is 0. The van der Waals surface area contributed by atoms with E-state index >= 15 is 0 Å². The maximum absolute atomic E-state index is 12.1. The molecule has 0 fully saturated rings. The van der Waals surface area contributed by atoms with Gasteiger partial charge in [-0.15, -0.1) is 0 Å². The average Bonchev–Trinajstić information content (AvgIpc) is 2.25. The molecule has 0 saturated heterocycles. The Morgan fingerprint density at radius 2 is 1.65 bits per heavy atom. The van der Waals surface area contributed by atoms with Crippen LogP contribution < -0.4 is 5.32 Å². The van der Waals surface area contributed by atoms with Crippen LogP contribution in [0, 0.1) is 0 Å². The summed E-state index contributed by atoms with van der Waals surface area (Å²) < 4.78 is 24.1. The molecular formula is C14H21F2N. The van der Waals surface area contributed by atoms with Gasteiger partial charge in [0.1, 0.15) is 0 Å². The maximum Gasteiger partial charge on any atom is 0.250 e. The number of hydrogen-bond acceptors (Lipinski definition) is 1. The first-order valence-corrected chi connectivity index (χ1v) is 5.92. The molecule has 0 aliphatic heterocycles. The van der Waals surface area contributed by atoms with Crippen LogP contribution in [0.15, 0.2) is 24.3 Å². The van der Waals surface area contributed by atoms with E-state index in [9.17, 15) is 8.78 Å². The number of halogens is 2. The van der Waals surface area contributed by atoms with Crippen LogP contribution in [0.5, 0.6) is 0 Å². The number of benzene rings is 1. The monoisotopic (exact) mass is 241 g/mol. The van der Waals surface area contributed by atoms with E-state index in [2.05, 4.69) is 38.2 Å². The fourth-order valence-corrected chi connectivity index (χ4v) is 1.66. The summed E-state index contributed by atoms with van der Waals surface area (Å²) in [4.78, 5) is 0. The van der Waals surface area contributed by atoms with Crippen molar-refractivity contribution in [2.45, 2.75) is 45.6 Å². The molecule has 1 atom stereocenters. The van der Waals surface area contributed by atoms with Crippen LogP contribution in [-0.2, 0) is 5.41 Å². The lowest BCUT2D eigenvalue weighted by Crippen LogP contribution is -2.24. The van der Waals surface area contributed by atoms with Gasteiger partial charge < -0.3 is 5.32 Å². The highest BCUT2D eigenvalue weighted by Crippen LogP contribution is 2.23. The van der Waals surface area contributed by atoms with Crippen molar-refractivity contribution in [1.29, 1.82) is 0 Å². The molecule has 0 aliphatic rings. The van der Waals surface area contributed by atoms with Gasteiger partial charge in [-0.1, -0.05) is 45.0 Å². The van der Waals surface area contributed by atoms with Crippen LogP contribution in [-0.4, -0.2) is 13.0 Å². The van der Waals surface area contributed by atoms with Crippen molar-refractivity contribution in [2.24, 2.45) is 0 Å². The highest BCUT2D eigenvalue weighted by Gasteiger charge is 2.14. The number of alkyl halides is 2. The Morgan fingerprint density at radius 3 is 2.06 bits per heavy atom. The molecule has 17 heavy (non-hydrogen) atoms. The minimum Gasteiger partial charge on any atom is -0.305 e. The van der Waals surface area contributed by atoms with E-state index in [4.69, 9.17) is 0 Å². The van der Waals surface area contributed by atoms with Gasteiger partial charge in [-0.05, 0) is 23.5 Å². The normalized spacial score (nSPS) is 14.1. The van der Waals surface area contributed by atoms with Gasteiger partial charge in [0.15, 0.2) is 0 Å². The Bertz CT molecular complexity index is 338. The molecule has 0 saturated carbocycles. The molecule has 0 radical (unpaired) electrons. The number of hydrogen-bond donors (Lipinski definition) is 1. The first-order chi connectivity index (χ1) is 7.80. The molecule has 1 rings (SSSR count). The quantitative estimate of drug-likeness (QED) is 0.843. The first-order valence-electron chi connectivity index (χ1n) is 5.92. The van der Waals surface area contributed by atoms with E-state index in [-0.39, 0.29) is 18.0 Å². The molecule has 1 aromatic rings. The van der Waals surface area contributed by atoms with Crippen LogP contribution in [0.1, 0.15) is 44.9 Å². The molecule has 0 spiro atoms. The summed E-state index contributed by atoms with van der Waals surface area (Å²) in [6.45, 7) is 8.10. The van der Waals surface area contributed by atoms with Crippen LogP contribution in [0.2, 0.25) is 0 Å². The summed E-state index contributed by atoms with van der Waals surface area (Å²) in [5.74, 6) is 0. The van der Waals surface area contributed by atoms with Crippen molar-refractivity contribution in [1.82, 2.24) is 5.32 Å². The third-order valence-electron chi connectivity index (χ3n) is 2.86. The van der Waals surface area contributed by atoms with Gasteiger partial charge in [0, 0.05) is 6.04 Å². The standard InChI is InChI=1S/C14H21F2N/c1-10(17-9-13(15)16)11-5-7-12(8-6-11)14(2,3)4/h5-8,10,13,17H,9H2,1-4H3. The van der Waals surface area contributed by atoms with Gasteiger partial charge in [-0.3, -0.25) is 0 Å². The second kappa shape index (κ2) is 5.58. The Hall–Kier alpha value is -0.960. The smallest absolute Gasteiger partial charge is 0.250 e. The second-order valence-electron chi connectivity index (χ2n) is 5.39. The van der Waals surface area contributed by atoms with Crippen LogP contribution in [0.4, 0.5) is 8.78 Å². The van der Waals surface area contributed by atoms with Gasteiger partial charge in [0.05, 0.1) is 6.54 Å². The average molecular weight is 241 g/mol. The molecule has 96 valence electrons. The summed E-state index contributed by atoms with van der Waals surface area (Å²) in [5.41, 5.74) is 2.42. The number of rotatable bonds is 4. The van der Waals surface area contributed by atoms with Gasteiger partial charge in [0.2, 0.25) is 0 Å². The van der Waals surface area contributed by atoms with Crippen molar-refractivity contribution in [3.05, 3.63) is 35.4 Å². The fraction of sp³-hybridized carbons (Fsp3) is 0.571. The van der Waals surface area contributed by atoms with Gasteiger partial charge in [-0.25, -0.2) is 8.78 Å². The van der Waals surface area contributed by atoms with Crippen molar-refractivity contribution >= 4 is 0 Å². The highest BCUT2D eigenvalue weighted by molar-refractivity contribution is 5.28. The third kappa shape index (κ3) is 4.43. The minimum atomic E-state index is -2.30. The summed E-state index contributed by atoms with van der Waals surface area (Å²) in [6.07, 6.45) is -2.30. The van der Waals surface area contributed by atoms with Gasteiger partial charge in [-0.2, -0.15) is 0 Å². The largest absolute Gasteiger partial charge is 0.305 e. The van der Waals surface area contributed by atoms with Crippen LogP contribution >= 0.6 is 0 Å². The van der Waals surface area contributed by atoms with Gasteiger partial charge >= 0.3 is 0 Å². The maximum atomic E-state index is 12.1. The Balaban J connectivity index is 2.67. The van der Waals surface area contributed by atoms with Crippen molar-refractivity contribution < 1.29 is 8.78 Å². The molecule has 3 heteroatoms. The molecule has 0 amide bonds. The fourth-order valence-electron chi connectivity index (χ4n) is 1.66. The molecule has 0 bridgehead atoms. The van der Waals surface area contributed by atoms with E-state index in [1.165, 1.54) is 5.56 Å². The lowest BCUT2D eigenvalue weighted by atomic mass is 9.86. The Morgan fingerprint density at radius 1 is 1.12 bits per heavy atom. The zero-order valence-electron chi connectivity index (χ0n) is 10.9. The predicted molar refractivity (Wildman–Crippen MR) is 67.6 cm³/mol. The molecule has 1 N–H and O–H groups in total. The van der Waals surface area contributed by atoms with E-state index in [1.807, 2.05) is 19.1 Å². The van der Waals surface area contributed by atoms with Crippen molar-refractivity contribution in [2.75, 3.05) is 6.54 Å². The summed E-state index contributed by atoms with van der Waals surface area (Å²) in [7, 11) is 0. The highest BCUT2D eigenvalue weighted by atomic mass is 19.3. The SMILES string of the molecule is CC(NCC(F)F)c1ccc(C(C)(C)C)cc1. The predicted octanol–water partition coefficient (Wildman–Crippen LogP) is 3.90. The molecule has 0 aliphatic carbocycles. The minimum absolute atomic E-state index is 0.0435. The molecule has 1 aromatic carbocycles. The topological polar surface area (TPSA) is 12.0 Å². The van der Waals surface area contributed by atoms with Crippen LogP contribution in [0.3, 0.4) is 0 Å². The molecule has 0 aromatic heterocycles. The lowest BCUT2D eigenvalue weighted by Gasteiger charge is -2.20. The molecule has 1 nitrogen and oxygen atoms in total. The van der Waals surface area contributed by atoms with Crippen molar-refractivity contribution in [3.8, 4) is 0 Å². The zero-order chi connectivity index (χ0) is 13.1. The lowest BCUT2D eigenvalue weighted by molar-refractivity contribution is 0.142. The number of nitrogens with one attached hydrogen (secondary N) is 1. The Kier molecular flexibility index (Phi) is 4.63. The zero-order valence-corrected chi connectivity index (χ0v) is 10.9. The second-order valence-corrected chi connectivity index (χ2v) is 5.39. The van der Waals surface area contributed by atoms with E-state index in [1.54, 1.807) is 0 Å².